The second-order valence-corrected chi connectivity index (χ2v) is 4.05. The summed E-state index contributed by atoms with van der Waals surface area (Å²) in [4.78, 5) is 4.34. The Morgan fingerprint density at radius 3 is 2.56 bits per heavy atom. The van der Waals surface area contributed by atoms with Crippen molar-refractivity contribution in [2.24, 2.45) is 0 Å². The number of hydrogen-bond donors (Lipinski definition) is 3. The van der Waals surface area contributed by atoms with Crippen LogP contribution >= 0.6 is 0 Å². The third-order valence-corrected chi connectivity index (χ3v) is 2.64. The van der Waals surface area contributed by atoms with Crippen LogP contribution in [0.1, 0.15) is 12.5 Å². The van der Waals surface area contributed by atoms with Crippen LogP contribution in [0.5, 0.6) is 5.75 Å². The molecule has 0 spiro atoms. The van der Waals surface area contributed by atoms with E-state index in [1.54, 1.807) is 18.3 Å². The summed E-state index contributed by atoms with van der Waals surface area (Å²) in [6.45, 7) is 4.94. The molecule has 2 rings (SSSR count). The molecule has 1 aromatic carbocycles. The van der Waals surface area contributed by atoms with E-state index in [-0.39, 0.29) is 5.75 Å². The number of benzene rings is 1. The molecule has 18 heavy (non-hydrogen) atoms. The molecule has 1 heterocycles. The maximum Gasteiger partial charge on any atom is 0.154 e. The highest BCUT2D eigenvalue weighted by molar-refractivity contribution is 5.73. The fourth-order valence-electron chi connectivity index (χ4n) is 1.73. The van der Waals surface area contributed by atoms with Crippen molar-refractivity contribution in [1.82, 2.24) is 4.98 Å². The van der Waals surface area contributed by atoms with Crippen molar-refractivity contribution in [2.75, 3.05) is 17.2 Å². The van der Waals surface area contributed by atoms with E-state index in [0.717, 1.165) is 29.3 Å². The number of phenols is 1. The number of aryl methyl sites for hydroxylation is 1. The number of anilines is 3. The van der Waals surface area contributed by atoms with Gasteiger partial charge in [-0.05, 0) is 49.7 Å². The van der Waals surface area contributed by atoms with Crippen molar-refractivity contribution < 1.29 is 5.11 Å². The molecule has 0 aliphatic rings. The molecule has 4 nitrogen and oxygen atoms in total. The predicted octanol–water partition coefficient (Wildman–Crippen LogP) is 3.27. The van der Waals surface area contributed by atoms with E-state index < -0.39 is 0 Å². The summed E-state index contributed by atoms with van der Waals surface area (Å²) < 4.78 is 0. The SMILES string of the molecule is CCNc1c(C)ccnc1Nc1ccc(O)cc1. The number of aromatic nitrogens is 1. The Kier molecular flexibility index (Phi) is 3.67. The topological polar surface area (TPSA) is 57.2 Å². The van der Waals surface area contributed by atoms with Crippen molar-refractivity contribution >= 4 is 17.2 Å². The molecule has 0 fully saturated rings. The quantitative estimate of drug-likeness (QED) is 0.721. The number of phenolic OH excluding ortho intramolecular Hbond substituents is 1. The van der Waals surface area contributed by atoms with Crippen molar-refractivity contribution in [2.45, 2.75) is 13.8 Å². The maximum absolute atomic E-state index is 9.25. The van der Waals surface area contributed by atoms with Crippen LogP contribution in [0, 0.1) is 6.92 Å². The first-order chi connectivity index (χ1) is 8.70. The molecule has 0 atom stereocenters. The molecule has 0 saturated heterocycles. The lowest BCUT2D eigenvalue weighted by Gasteiger charge is -2.14. The molecule has 0 bridgehead atoms. The lowest BCUT2D eigenvalue weighted by molar-refractivity contribution is 0.475. The van der Waals surface area contributed by atoms with Crippen LogP contribution in [0.4, 0.5) is 17.2 Å². The van der Waals surface area contributed by atoms with Gasteiger partial charge in [-0.2, -0.15) is 0 Å². The first-order valence-electron chi connectivity index (χ1n) is 5.96. The third-order valence-electron chi connectivity index (χ3n) is 2.64. The second kappa shape index (κ2) is 5.40. The number of rotatable bonds is 4. The summed E-state index contributed by atoms with van der Waals surface area (Å²) in [6, 6.07) is 8.89. The van der Waals surface area contributed by atoms with E-state index in [4.69, 9.17) is 0 Å². The van der Waals surface area contributed by atoms with Gasteiger partial charge in [-0.3, -0.25) is 0 Å². The molecule has 94 valence electrons. The van der Waals surface area contributed by atoms with E-state index in [0.29, 0.717) is 0 Å². The van der Waals surface area contributed by atoms with Gasteiger partial charge in [0.05, 0.1) is 5.69 Å². The highest BCUT2D eigenvalue weighted by atomic mass is 16.3. The van der Waals surface area contributed by atoms with E-state index in [9.17, 15) is 5.11 Å². The fraction of sp³-hybridized carbons (Fsp3) is 0.214. The van der Waals surface area contributed by atoms with Gasteiger partial charge in [0.15, 0.2) is 5.82 Å². The van der Waals surface area contributed by atoms with Gasteiger partial charge in [0, 0.05) is 18.4 Å². The molecule has 2 aromatic rings. The predicted molar refractivity (Wildman–Crippen MR) is 74.5 cm³/mol. The van der Waals surface area contributed by atoms with Crippen LogP contribution in [-0.2, 0) is 0 Å². The lowest BCUT2D eigenvalue weighted by atomic mass is 10.2. The minimum atomic E-state index is 0.254. The van der Waals surface area contributed by atoms with Crippen molar-refractivity contribution in [3.05, 3.63) is 42.1 Å². The summed E-state index contributed by atoms with van der Waals surface area (Å²) in [5, 5.41) is 15.8. The Morgan fingerprint density at radius 2 is 1.89 bits per heavy atom. The lowest BCUT2D eigenvalue weighted by Crippen LogP contribution is -2.04. The number of nitrogens with zero attached hydrogens (tertiary/aromatic N) is 1. The van der Waals surface area contributed by atoms with E-state index in [2.05, 4.69) is 22.5 Å². The standard InChI is InChI=1S/C14H17N3O/c1-3-15-13-10(2)8-9-16-14(13)17-11-4-6-12(18)7-5-11/h4-9,15,18H,3H2,1-2H3,(H,16,17). The van der Waals surface area contributed by atoms with Gasteiger partial charge >= 0.3 is 0 Å². The van der Waals surface area contributed by atoms with Crippen molar-refractivity contribution in [1.29, 1.82) is 0 Å². The molecule has 0 aliphatic heterocycles. The normalized spacial score (nSPS) is 10.1. The van der Waals surface area contributed by atoms with Crippen LogP contribution in [0.2, 0.25) is 0 Å². The summed E-state index contributed by atoms with van der Waals surface area (Å²) in [5.74, 6) is 1.05. The van der Waals surface area contributed by atoms with Crippen molar-refractivity contribution in [3.8, 4) is 5.75 Å². The molecule has 4 heteroatoms. The van der Waals surface area contributed by atoms with Gasteiger partial charge in [-0.25, -0.2) is 4.98 Å². The van der Waals surface area contributed by atoms with Crippen LogP contribution in [0.3, 0.4) is 0 Å². The van der Waals surface area contributed by atoms with E-state index in [1.165, 1.54) is 0 Å². The van der Waals surface area contributed by atoms with Crippen molar-refractivity contribution in [3.63, 3.8) is 0 Å². The fourth-order valence-corrected chi connectivity index (χ4v) is 1.73. The summed E-state index contributed by atoms with van der Waals surface area (Å²) in [7, 11) is 0. The molecular formula is C14H17N3O. The second-order valence-electron chi connectivity index (χ2n) is 4.05. The number of pyridine rings is 1. The Bertz CT molecular complexity index is 523. The van der Waals surface area contributed by atoms with Crippen LogP contribution in [0.15, 0.2) is 36.5 Å². The molecule has 0 unspecified atom stereocenters. The van der Waals surface area contributed by atoms with Gasteiger partial charge in [-0.1, -0.05) is 0 Å². The Balaban J connectivity index is 2.28. The van der Waals surface area contributed by atoms with Crippen LogP contribution < -0.4 is 10.6 Å². The van der Waals surface area contributed by atoms with Gasteiger partial charge in [0.1, 0.15) is 5.75 Å². The van der Waals surface area contributed by atoms with Gasteiger partial charge in [-0.15, -0.1) is 0 Å². The third kappa shape index (κ3) is 2.71. The first kappa shape index (κ1) is 12.2. The zero-order valence-electron chi connectivity index (χ0n) is 10.6. The van der Waals surface area contributed by atoms with E-state index in [1.807, 2.05) is 25.1 Å². The highest BCUT2D eigenvalue weighted by Gasteiger charge is 2.06. The summed E-state index contributed by atoms with van der Waals surface area (Å²) >= 11 is 0. The van der Waals surface area contributed by atoms with Crippen LogP contribution in [0.25, 0.3) is 0 Å². The molecule has 1 aromatic heterocycles. The Hall–Kier alpha value is -2.23. The van der Waals surface area contributed by atoms with Gasteiger partial charge in [0.2, 0.25) is 0 Å². The molecule has 0 radical (unpaired) electrons. The number of aromatic hydroxyl groups is 1. The molecular weight excluding hydrogens is 226 g/mol. The average molecular weight is 243 g/mol. The monoisotopic (exact) mass is 243 g/mol. The summed E-state index contributed by atoms with van der Waals surface area (Å²) in [5.41, 5.74) is 3.05. The minimum Gasteiger partial charge on any atom is -0.508 e. The van der Waals surface area contributed by atoms with E-state index >= 15 is 0 Å². The molecule has 0 aliphatic carbocycles. The maximum atomic E-state index is 9.25. The average Bonchev–Trinajstić information content (AvgIpc) is 2.36. The molecule has 3 N–H and O–H groups in total. The zero-order valence-corrected chi connectivity index (χ0v) is 10.6. The largest absolute Gasteiger partial charge is 0.508 e. The number of hydrogen-bond acceptors (Lipinski definition) is 4. The first-order valence-corrected chi connectivity index (χ1v) is 5.96. The number of nitrogens with one attached hydrogen (secondary N) is 2. The highest BCUT2D eigenvalue weighted by Crippen LogP contribution is 2.26. The van der Waals surface area contributed by atoms with Gasteiger partial charge in [0.25, 0.3) is 0 Å². The molecule has 0 amide bonds. The van der Waals surface area contributed by atoms with Gasteiger partial charge < -0.3 is 15.7 Å². The smallest absolute Gasteiger partial charge is 0.154 e. The summed E-state index contributed by atoms with van der Waals surface area (Å²) in [6.07, 6.45) is 1.78. The molecule has 0 saturated carbocycles. The minimum absolute atomic E-state index is 0.254. The Morgan fingerprint density at radius 1 is 1.17 bits per heavy atom. The van der Waals surface area contributed by atoms with Crippen LogP contribution in [-0.4, -0.2) is 16.6 Å². The zero-order chi connectivity index (χ0) is 13.0. The Labute approximate surface area is 107 Å².